The number of amides is 2. The number of rotatable bonds is 4. The first-order valence-corrected chi connectivity index (χ1v) is 11.4. The minimum atomic E-state index is -0.0207. The van der Waals surface area contributed by atoms with Crippen LogP contribution >= 0.6 is 0 Å². The standard InChI is InChI=1S/C23H31N3O3/c1-14-4-19(8-21(27)26(14)18-2-3-18)29-20-12-25(13-20)22(28)24-23-9-15-5-16(10-23)7-17(6-15)11-23/h4,8,15-18,20H,2-3,5-7,9-13H2,1H3,(H,24,28). The van der Waals surface area contributed by atoms with Gasteiger partial charge in [-0.3, -0.25) is 4.79 Å². The van der Waals surface area contributed by atoms with E-state index in [-0.39, 0.29) is 23.2 Å². The molecule has 0 atom stereocenters. The third-order valence-electron chi connectivity index (χ3n) is 7.99. The number of hydrogen-bond donors (Lipinski definition) is 1. The summed E-state index contributed by atoms with van der Waals surface area (Å²) in [6, 6.07) is 4.01. The number of nitrogens with zero attached hydrogens (tertiary/aromatic N) is 2. The van der Waals surface area contributed by atoms with E-state index in [1.165, 1.54) is 38.5 Å². The van der Waals surface area contributed by atoms with Crippen molar-refractivity contribution in [2.75, 3.05) is 13.1 Å². The highest BCUT2D eigenvalue weighted by Gasteiger charge is 2.52. The van der Waals surface area contributed by atoms with E-state index in [1.807, 2.05) is 22.5 Å². The highest BCUT2D eigenvalue weighted by Crippen LogP contribution is 2.55. The minimum Gasteiger partial charge on any atom is -0.486 e. The lowest BCUT2D eigenvalue weighted by Gasteiger charge is -2.57. The second kappa shape index (κ2) is 6.26. The van der Waals surface area contributed by atoms with Crippen molar-refractivity contribution in [1.82, 2.24) is 14.8 Å². The molecule has 4 bridgehead atoms. The van der Waals surface area contributed by atoms with Crippen molar-refractivity contribution < 1.29 is 9.53 Å². The highest BCUT2D eigenvalue weighted by atomic mass is 16.5. The average Bonchev–Trinajstić information content (AvgIpc) is 3.40. The van der Waals surface area contributed by atoms with E-state index < -0.39 is 0 Å². The molecular formula is C23H31N3O3. The maximum Gasteiger partial charge on any atom is 0.318 e. The minimum absolute atomic E-state index is 0.0207. The SMILES string of the molecule is Cc1cc(OC2CN(C(=O)NC34CC5CC(CC(C5)C3)C4)C2)cc(=O)n1C1CC1. The van der Waals surface area contributed by atoms with Crippen molar-refractivity contribution in [3.05, 3.63) is 28.2 Å². The number of aromatic nitrogens is 1. The molecule has 1 N–H and O–H groups in total. The van der Waals surface area contributed by atoms with Gasteiger partial charge >= 0.3 is 6.03 Å². The van der Waals surface area contributed by atoms with Gasteiger partial charge in [-0.2, -0.15) is 0 Å². The zero-order valence-corrected chi connectivity index (χ0v) is 17.2. The van der Waals surface area contributed by atoms with Gasteiger partial charge < -0.3 is 19.5 Å². The molecule has 2 heterocycles. The number of carbonyl (C=O) groups is 1. The van der Waals surface area contributed by atoms with E-state index in [1.54, 1.807) is 6.07 Å². The Morgan fingerprint density at radius 2 is 1.69 bits per heavy atom. The van der Waals surface area contributed by atoms with Gasteiger partial charge in [-0.15, -0.1) is 0 Å². The molecule has 6 aliphatic rings. The molecule has 0 unspecified atom stereocenters. The summed E-state index contributed by atoms with van der Waals surface area (Å²) < 4.78 is 7.88. The summed E-state index contributed by atoms with van der Waals surface area (Å²) in [5.74, 6) is 3.12. The van der Waals surface area contributed by atoms with Gasteiger partial charge in [-0.1, -0.05) is 0 Å². The molecule has 0 aromatic carbocycles. The van der Waals surface area contributed by atoms with Crippen LogP contribution in [0.1, 0.15) is 63.1 Å². The van der Waals surface area contributed by atoms with Gasteiger partial charge in [0.2, 0.25) is 0 Å². The maximum absolute atomic E-state index is 12.8. The van der Waals surface area contributed by atoms with Crippen LogP contribution in [0.4, 0.5) is 4.79 Å². The van der Waals surface area contributed by atoms with Crippen molar-refractivity contribution >= 4 is 6.03 Å². The van der Waals surface area contributed by atoms with Gasteiger partial charge in [0.1, 0.15) is 11.9 Å². The van der Waals surface area contributed by atoms with Gasteiger partial charge in [-0.25, -0.2) is 4.79 Å². The summed E-state index contributed by atoms with van der Waals surface area (Å²) in [5.41, 5.74) is 1.05. The van der Waals surface area contributed by atoms with Gasteiger partial charge in [0, 0.05) is 23.3 Å². The van der Waals surface area contributed by atoms with Crippen LogP contribution < -0.4 is 15.6 Å². The number of nitrogens with one attached hydrogen (secondary N) is 1. The number of likely N-dealkylation sites (tertiary alicyclic amines) is 1. The van der Waals surface area contributed by atoms with Gasteiger partial charge in [-0.05, 0) is 82.1 Å². The van der Waals surface area contributed by atoms with E-state index in [4.69, 9.17) is 4.74 Å². The molecular weight excluding hydrogens is 366 g/mol. The summed E-state index contributed by atoms with van der Waals surface area (Å²) in [4.78, 5) is 27.1. The molecule has 156 valence electrons. The summed E-state index contributed by atoms with van der Waals surface area (Å²) in [6.07, 6.45) is 9.84. The molecule has 1 aliphatic heterocycles. The van der Waals surface area contributed by atoms with Crippen molar-refractivity contribution in [3.8, 4) is 5.75 Å². The van der Waals surface area contributed by atoms with E-state index in [0.717, 1.165) is 36.3 Å². The molecule has 0 spiro atoms. The highest BCUT2D eigenvalue weighted by molar-refractivity contribution is 5.76. The number of ether oxygens (including phenoxy) is 1. The maximum atomic E-state index is 12.8. The fourth-order valence-electron chi connectivity index (χ4n) is 6.99. The Morgan fingerprint density at radius 1 is 1.07 bits per heavy atom. The Hall–Kier alpha value is -1.98. The predicted molar refractivity (Wildman–Crippen MR) is 109 cm³/mol. The second-order valence-corrected chi connectivity index (χ2v) is 10.5. The van der Waals surface area contributed by atoms with Gasteiger partial charge in [0.15, 0.2) is 0 Å². The van der Waals surface area contributed by atoms with E-state index in [0.29, 0.717) is 24.9 Å². The number of hydrogen-bond acceptors (Lipinski definition) is 3. The van der Waals surface area contributed by atoms with Crippen LogP contribution in [-0.4, -0.2) is 40.2 Å². The molecule has 5 saturated carbocycles. The molecule has 1 aromatic heterocycles. The summed E-state index contributed by atoms with van der Waals surface area (Å²) in [6.45, 7) is 3.17. The van der Waals surface area contributed by atoms with E-state index in [2.05, 4.69) is 5.32 Å². The van der Waals surface area contributed by atoms with Crippen molar-refractivity contribution in [3.63, 3.8) is 0 Å². The summed E-state index contributed by atoms with van der Waals surface area (Å²) >= 11 is 0. The third kappa shape index (κ3) is 3.15. The van der Waals surface area contributed by atoms with Crippen LogP contribution in [-0.2, 0) is 0 Å². The molecule has 6 heteroatoms. The Bertz CT molecular complexity index is 862. The van der Waals surface area contributed by atoms with Crippen LogP contribution in [0, 0.1) is 24.7 Å². The van der Waals surface area contributed by atoms with Crippen molar-refractivity contribution in [2.24, 2.45) is 17.8 Å². The quantitative estimate of drug-likeness (QED) is 0.848. The van der Waals surface area contributed by atoms with Crippen LogP contribution in [0.15, 0.2) is 16.9 Å². The fraction of sp³-hybridized carbons (Fsp3) is 0.739. The summed E-state index contributed by atoms with van der Waals surface area (Å²) in [7, 11) is 0. The van der Waals surface area contributed by atoms with Crippen LogP contribution in [0.2, 0.25) is 0 Å². The largest absolute Gasteiger partial charge is 0.486 e. The fourth-order valence-corrected chi connectivity index (χ4v) is 6.99. The number of aryl methyl sites for hydroxylation is 1. The molecule has 7 rings (SSSR count). The molecule has 5 aliphatic carbocycles. The number of carbonyl (C=O) groups excluding carboxylic acids is 1. The Balaban J connectivity index is 1.05. The Morgan fingerprint density at radius 3 is 2.24 bits per heavy atom. The second-order valence-electron chi connectivity index (χ2n) is 10.5. The lowest BCUT2D eigenvalue weighted by Crippen LogP contribution is -2.66. The average molecular weight is 398 g/mol. The zero-order chi connectivity index (χ0) is 19.8. The van der Waals surface area contributed by atoms with E-state index >= 15 is 0 Å². The van der Waals surface area contributed by atoms with Crippen LogP contribution in [0.25, 0.3) is 0 Å². The predicted octanol–water partition coefficient (Wildman–Crippen LogP) is 3.23. The van der Waals surface area contributed by atoms with Crippen LogP contribution in [0.3, 0.4) is 0 Å². The molecule has 29 heavy (non-hydrogen) atoms. The molecule has 0 radical (unpaired) electrons. The topological polar surface area (TPSA) is 63.6 Å². The number of pyridine rings is 1. The third-order valence-corrected chi connectivity index (χ3v) is 7.99. The van der Waals surface area contributed by atoms with Gasteiger partial charge in [0.05, 0.1) is 13.1 Å². The summed E-state index contributed by atoms with van der Waals surface area (Å²) in [5, 5.41) is 3.43. The van der Waals surface area contributed by atoms with Crippen molar-refractivity contribution in [1.29, 1.82) is 0 Å². The van der Waals surface area contributed by atoms with Crippen LogP contribution in [0.5, 0.6) is 5.75 Å². The molecule has 6 fully saturated rings. The first-order chi connectivity index (χ1) is 14.0. The monoisotopic (exact) mass is 397 g/mol. The molecule has 1 saturated heterocycles. The van der Waals surface area contributed by atoms with Crippen molar-refractivity contribution in [2.45, 2.75) is 76.0 Å². The first kappa shape index (κ1) is 17.8. The van der Waals surface area contributed by atoms with Gasteiger partial charge in [0.25, 0.3) is 5.56 Å². The number of urea groups is 1. The zero-order valence-electron chi connectivity index (χ0n) is 17.2. The lowest BCUT2D eigenvalue weighted by molar-refractivity contribution is -0.0213. The lowest BCUT2D eigenvalue weighted by atomic mass is 9.53. The molecule has 2 amide bonds. The normalized spacial score (nSPS) is 35.5. The Kier molecular flexibility index (Phi) is 3.85. The smallest absolute Gasteiger partial charge is 0.318 e. The molecule has 6 nitrogen and oxygen atoms in total. The van der Waals surface area contributed by atoms with E-state index in [9.17, 15) is 9.59 Å². The Labute approximate surface area is 171 Å². The first-order valence-electron chi connectivity index (χ1n) is 11.4. The molecule has 1 aromatic rings.